The Labute approximate surface area is 77.4 Å². The monoisotopic (exact) mass is 166 g/mol. The predicted molar refractivity (Wildman–Crippen MR) is 57.3 cm³/mol. The molecule has 0 bridgehead atoms. The lowest BCUT2D eigenvalue weighted by molar-refractivity contribution is 0.823. The van der Waals surface area contributed by atoms with Crippen LogP contribution < -0.4 is 0 Å². The number of allylic oxidation sites excluding steroid dienone is 4. The maximum absolute atomic E-state index is 2.36. The highest BCUT2D eigenvalue weighted by atomic mass is 13.9. The topological polar surface area (TPSA) is 0 Å². The van der Waals surface area contributed by atoms with E-state index >= 15 is 0 Å². The van der Waals surface area contributed by atoms with Crippen LogP contribution in [0.5, 0.6) is 0 Å². The molecule has 0 amide bonds. The third-order valence-corrected chi connectivity index (χ3v) is 2.32. The van der Waals surface area contributed by atoms with Crippen LogP contribution in [0.1, 0.15) is 53.4 Å². The van der Waals surface area contributed by atoms with Gasteiger partial charge in [0, 0.05) is 0 Å². The van der Waals surface area contributed by atoms with Gasteiger partial charge in [0.1, 0.15) is 0 Å². The molecular weight excluding hydrogens is 144 g/mol. The summed E-state index contributed by atoms with van der Waals surface area (Å²) in [6.07, 6.45) is 9.56. The minimum Gasteiger partial charge on any atom is -0.0887 e. The molecule has 0 N–H and O–H groups in total. The normalized spacial score (nSPS) is 13.7. The fraction of sp³-hybridized carbons (Fsp3) is 0.667. The van der Waals surface area contributed by atoms with Crippen molar-refractivity contribution >= 4 is 0 Å². The predicted octanol–water partition coefficient (Wildman–Crippen LogP) is 4.48. The molecule has 0 radical (unpaired) electrons. The molecular formula is C12H22. The van der Waals surface area contributed by atoms with E-state index in [2.05, 4.69) is 39.8 Å². The standard InChI is InChI=1S/C12H22/c1-5-11(3)9-7-8-10-12(4)6-2/h5,10H,6-9H2,1-4H3. The van der Waals surface area contributed by atoms with Gasteiger partial charge in [-0.05, 0) is 46.5 Å². The van der Waals surface area contributed by atoms with Crippen molar-refractivity contribution in [2.45, 2.75) is 53.4 Å². The van der Waals surface area contributed by atoms with E-state index in [1.165, 1.54) is 36.8 Å². The maximum atomic E-state index is 2.36. The second kappa shape index (κ2) is 7.15. The lowest BCUT2D eigenvalue weighted by Crippen LogP contribution is -1.78. The van der Waals surface area contributed by atoms with Crippen LogP contribution >= 0.6 is 0 Å². The Balaban J connectivity index is 3.45. The van der Waals surface area contributed by atoms with Crippen LogP contribution in [-0.2, 0) is 0 Å². The average Bonchev–Trinajstić information content (AvgIpc) is 2.11. The van der Waals surface area contributed by atoms with Gasteiger partial charge < -0.3 is 0 Å². The van der Waals surface area contributed by atoms with Crippen molar-refractivity contribution in [1.82, 2.24) is 0 Å². The molecule has 12 heavy (non-hydrogen) atoms. The van der Waals surface area contributed by atoms with E-state index in [1.807, 2.05) is 0 Å². The fourth-order valence-electron chi connectivity index (χ4n) is 1.02. The Kier molecular flexibility index (Phi) is 6.84. The number of hydrogen-bond donors (Lipinski definition) is 0. The third kappa shape index (κ3) is 6.21. The largest absolute Gasteiger partial charge is 0.0887 e. The fourth-order valence-corrected chi connectivity index (χ4v) is 1.02. The molecule has 0 atom stereocenters. The Bertz CT molecular complexity index is 161. The lowest BCUT2D eigenvalue weighted by Gasteiger charge is -1.98. The van der Waals surface area contributed by atoms with Crippen molar-refractivity contribution in [1.29, 1.82) is 0 Å². The molecule has 0 spiro atoms. The zero-order valence-corrected chi connectivity index (χ0v) is 8.98. The van der Waals surface area contributed by atoms with E-state index in [1.54, 1.807) is 0 Å². The molecule has 0 heterocycles. The Hall–Kier alpha value is -0.520. The summed E-state index contributed by atoms with van der Waals surface area (Å²) in [5, 5.41) is 0. The molecule has 0 aliphatic carbocycles. The first-order chi connectivity index (χ1) is 5.70. The van der Waals surface area contributed by atoms with Crippen molar-refractivity contribution in [3.63, 3.8) is 0 Å². The molecule has 0 rings (SSSR count). The summed E-state index contributed by atoms with van der Waals surface area (Å²) in [6.45, 7) is 8.74. The van der Waals surface area contributed by atoms with Crippen molar-refractivity contribution in [3.05, 3.63) is 23.3 Å². The minimum absolute atomic E-state index is 1.20. The van der Waals surface area contributed by atoms with Crippen LogP contribution in [0.2, 0.25) is 0 Å². The van der Waals surface area contributed by atoms with Crippen LogP contribution in [0, 0.1) is 0 Å². The van der Waals surface area contributed by atoms with Crippen molar-refractivity contribution in [2.24, 2.45) is 0 Å². The molecule has 0 saturated heterocycles. The zero-order chi connectivity index (χ0) is 9.40. The highest BCUT2D eigenvalue weighted by molar-refractivity contribution is 4.99. The number of unbranched alkanes of at least 4 members (excludes halogenated alkanes) is 1. The van der Waals surface area contributed by atoms with E-state index in [9.17, 15) is 0 Å². The van der Waals surface area contributed by atoms with Gasteiger partial charge in [0.2, 0.25) is 0 Å². The maximum Gasteiger partial charge on any atom is -0.0320 e. The first kappa shape index (κ1) is 11.5. The summed E-state index contributed by atoms with van der Waals surface area (Å²) in [5.41, 5.74) is 3.03. The molecule has 0 heteroatoms. The highest BCUT2D eigenvalue weighted by Gasteiger charge is 1.88. The van der Waals surface area contributed by atoms with Gasteiger partial charge in [0.25, 0.3) is 0 Å². The molecule has 0 aromatic carbocycles. The third-order valence-electron chi connectivity index (χ3n) is 2.32. The van der Waals surface area contributed by atoms with Gasteiger partial charge in [-0.25, -0.2) is 0 Å². The lowest BCUT2D eigenvalue weighted by atomic mass is 10.1. The molecule has 0 saturated carbocycles. The molecule has 0 aromatic rings. The van der Waals surface area contributed by atoms with Gasteiger partial charge >= 0.3 is 0 Å². The van der Waals surface area contributed by atoms with Crippen LogP contribution in [-0.4, -0.2) is 0 Å². The van der Waals surface area contributed by atoms with Crippen LogP contribution in [0.15, 0.2) is 23.3 Å². The van der Waals surface area contributed by atoms with Crippen molar-refractivity contribution in [3.8, 4) is 0 Å². The van der Waals surface area contributed by atoms with E-state index in [4.69, 9.17) is 0 Å². The Morgan fingerprint density at radius 1 is 1.17 bits per heavy atom. The zero-order valence-electron chi connectivity index (χ0n) is 8.98. The van der Waals surface area contributed by atoms with Gasteiger partial charge in [0.05, 0.1) is 0 Å². The van der Waals surface area contributed by atoms with Gasteiger partial charge in [-0.1, -0.05) is 30.2 Å². The molecule has 0 fully saturated rings. The van der Waals surface area contributed by atoms with E-state index in [-0.39, 0.29) is 0 Å². The van der Waals surface area contributed by atoms with Gasteiger partial charge in [-0.3, -0.25) is 0 Å². The smallest absolute Gasteiger partial charge is 0.0320 e. The Morgan fingerprint density at radius 2 is 1.83 bits per heavy atom. The molecule has 0 nitrogen and oxygen atoms in total. The van der Waals surface area contributed by atoms with Crippen LogP contribution in [0.4, 0.5) is 0 Å². The first-order valence-electron chi connectivity index (χ1n) is 4.98. The second-order valence-corrected chi connectivity index (χ2v) is 3.43. The van der Waals surface area contributed by atoms with Gasteiger partial charge in [0.15, 0.2) is 0 Å². The molecule has 0 aliphatic rings. The Morgan fingerprint density at radius 3 is 2.33 bits per heavy atom. The SMILES string of the molecule is CC=C(C)CCCC=C(C)CC. The number of rotatable bonds is 5. The summed E-state index contributed by atoms with van der Waals surface area (Å²) in [6, 6.07) is 0. The van der Waals surface area contributed by atoms with Crippen molar-refractivity contribution < 1.29 is 0 Å². The van der Waals surface area contributed by atoms with Crippen LogP contribution in [0.25, 0.3) is 0 Å². The quantitative estimate of drug-likeness (QED) is 0.417. The molecule has 70 valence electrons. The van der Waals surface area contributed by atoms with E-state index < -0.39 is 0 Å². The molecule has 0 aromatic heterocycles. The highest BCUT2D eigenvalue weighted by Crippen LogP contribution is 2.08. The van der Waals surface area contributed by atoms with Gasteiger partial charge in [-0.2, -0.15) is 0 Å². The number of hydrogen-bond acceptors (Lipinski definition) is 0. The summed E-state index contributed by atoms with van der Waals surface area (Å²) in [5.74, 6) is 0. The molecule has 0 aliphatic heterocycles. The van der Waals surface area contributed by atoms with Crippen molar-refractivity contribution in [2.75, 3.05) is 0 Å². The van der Waals surface area contributed by atoms with Crippen LogP contribution in [0.3, 0.4) is 0 Å². The minimum atomic E-state index is 1.20. The van der Waals surface area contributed by atoms with E-state index in [0.29, 0.717) is 0 Å². The molecule has 0 unspecified atom stereocenters. The summed E-state index contributed by atoms with van der Waals surface area (Å²) in [4.78, 5) is 0. The summed E-state index contributed by atoms with van der Waals surface area (Å²) >= 11 is 0. The summed E-state index contributed by atoms with van der Waals surface area (Å²) < 4.78 is 0. The second-order valence-electron chi connectivity index (χ2n) is 3.43. The summed E-state index contributed by atoms with van der Waals surface area (Å²) in [7, 11) is 0. The van der Waals surface area contributed by atoms with E-state index in [0.717, 1.165) is 0 Å². The average molecular weight is 166 g/mol. The van der Waals surface area contributed by atoms with Gasteiger partial charge in [-0.15, -0.1) is 0 Å². The first-order valence-corrected chi connectivity index (χ1v) is 4.98.